The standard InChI is InChI=1S/C15H19NO2/c1-9-7-10(2)14(11(3)8-9)15(16)12(17)5-4-6-13(15)18/h7-8H,4-6,16H2,1-3H3. The summed E-state index contributed by atoms with van der Waals surface area (Å²) in [6.07, 6.45) is 1.42. The van der Waals surface area contributed by atoms with Crippen molar-refractivity contribution < 1.29 is 9.59 Å². The molecule has 1 aliphatic carbocycles. The van der Waals surface area contributed by atoms with Gasteiger partial charge in [-0.2, -0.15) is 0 Å². The molecule has 0 spiro atoms. The zero-order valence-corrected chi connectivity index (χ0v) is 11.2. The Morgan fingerprint density at radius 3 is 1.89 bits per heavy atom. The van der Waals surface area contributed by atoms with Crippen LogP contribution in [-0.4, -0.2) is 11.6 Å². The summed E-state index contributed by atoms with van der Waals surface area (Å²) < 4.78 is 0. The monoisotopic (exact) mass is 245 g/mol. The first-order valence-corrected chi connectivity index (χ1v) is 6.31. The van der Waals surface area contributed by atoms with Crippen LogP contribution in [-0.2, 0) is 15.1 Å². The maximum atomic E-state index is 12.2. The lowest BCUT2D eigenvalue weighted by molar-refractivity contribution is -0.138. The minimum Gasteiger partial charge on any atom is -0.309 e. The fourth-order valence-electron chi connectivity index (χ4n) is 3.04. The molecule has 0 unspecified atom stereocenters. The molecular formula is C15H19NO2. The Labute approximate surface area is 107 Å². The van der Waals surface area contributed by atoms with E-state index in [-0.39, 0.29) is 11.6 Å². The van der Waals surface area contributed by atoms with Gasteiger partial charge in [-0.05, 0) is 43.9 Å². The molecule has 0 saturated heterocycles. The molecule has 1 aromatic carbocycles. The van der Waals surface area contributed by atoms with Crippen molar-refractivity contribution in [1.82, 2.24) is 0 Å². The van der Waals surface area contributed by atoms with Crippen LogP contribution in [0.3, 0.4) is 0 Å². The van der Waals surface area contributed by atoms with E-state index in [9.17, 15) is 9.59 Å². The van der Waals surface area contributed by atoms with Gasteiger partial charge in [-0.1, -0.05) is 17.7 Å². The summed E-state index contributed by atoms with van der Waals surface area (Å²) in [5.74, 6) is -0.289. The second kappa shape index (κ2) is 4.32. The third kappa shape index (κ3) is 1.79. The summed E-state index contributed by atoms with van der Waals surface area (Å²) in [5.41, 5.74) is 8.49. The van der Waals surface area contributed by atoms with Crippen molar-refractivity contribution in [2.75, 3.05) is 0 Å². The van der Waals surface area contributed by atoms with E-state index in [0.717, 1.165) is 16.7 Å². The van der Waals surface area contributed by atoms with Crippen LogP contribution in [0.25, 0.3) is 0 Å². The highest BCUT2D eigenvalue weighted by molar-refractivity contribution is 6.14. The van der Waals surface area contributed by atoms with Crippen LogP contribution in [0, 0.1) is 20.8 Å². The van der Waals surface area contributed by atoms with Gasteiger partial charge in [0.15, 0.2) is 17.1 Å². The summed E-state index contributed by atoms with van der Waals surface area (Å²) in [6, 6.07) is 3.96. The lowest BCUT2D eigenvalue weighted by Crippen LogP contribution is -2.54. The van der Waals surface area contributed by atoms with E-state index < -0.39 is 5.54 Å². The Bertz CT molecular complexity index is 492. The highest BCUT2D eigenvalue weighted by atomic mass is 16.2. The molecule has 3 heteroatoms. The van der Waals surface area contributed by atoms with Gasteiger partial charge in [-0.3, -0.25) is 9.59 Å². The third-order valence-corrected chi connectivity index (χ3v) is 3.76. The number of nitrogens with two attached hydrogens (primary N) is 1. The van der Waals surface area contributed by atoms with Gasteiger partial charge in [0.05, 0.1) is 0 Å². The minimum atomic E-state index is -1.42. The Morgan fingerprint density at radius 2 is 1.44 bits per heavy atom. The molecule has 0 heterocycles. The average molecular weight is 245 g/mol. The number of hydrogen-bond donors (Lipinski definition) is 1. The van der Waals surface area contributed by atoms with Gasteiger partial charge in [0.2, 0.25) is 0 Å². The first kappa shape index (κ1) is 13.0. The molecule has 0 aliphatic heterocycles. The fourth-order valence-corrected chi connectivity index (χ4v) is 3.04. The number of rotatable bonds is 1. The first-order chi connectivity index (χ1) is 8.37. The van der Waals surface area contributed by atoms with Crippen molar-refractivity contribution in [1.29, 1.82) is 0 Å². The molecule has 18 heavy (non-hydrogen) atoms. The lowest BCUT2D eigenvalue weighted by Gasteiger charge is -2.33. The van der Waals surface area contributed by atoms with Crippen LogP contribution < -0.4 is 5.73 Å². The minimum absolute atomic E-state index is 0.145. The number of ketones is 2. The Hall–Kier alpha value is -1.48. The van der Waals surface area contributed by atoms with Crippen molar-refractivity contribution in [3.8, 4) is 0 Å². The molecule has 0 atom stereocenters. The van der Waals surface area contributed by atoms with E-state index in [0.29, 0.717) is 24.8 Å². The quantitative estimate of drug-likeness (QED) is 0.771. The zero-order chi connectivity index (χ0) is 13.5. The maximum Gasteiger partial charge on any atom is 0.164 e. The number of Topliss-reactive ketones (excluding diaryl/α,β-unsaturated/α-hetero) is 2. The van der Waals surface area contributed by atoms with E-state index in [1.54, 1.807) is 0 Å². The SMILES string of the molecule is Cc1cc(C)c(C2(N)C(=O)CCCC2=O)c(C)c1. The largest absolute Gasteiger partial charge is 0.309 e. The van der Waals surface area contributed by atoms with E-state index >= 15 is 0 Å². The smallest absolute Gasteiger partial charge is 0.164 e. The normalized spacial score (nSPS) is 19.1. The van der Waals surface area contributed by atoms with Gasteiger partial charge in [0.25, 0.3) is 0 Å². The molecule has 3 nitrogen and oxygen atoms in total. The van der Waals surface area contributed by atoms with Crippen molar-refractivity contribution in [3.63, 3.8) is 0 Å². The summed E-state index contributed by atoms with van der Waals surface area (Å²) in [6.45, 7) is 5.83. The molecule has 1 fully saturated rings. The molecule has 0 aromatic heterocycles. The predicted octanol–water partition coefficient (Wildman–Crippen LogP) is 2.09. The van der Waals surface area contributed by atoms with Gasteiger partial charge in [0.1, 0.15) is 0 Å². The van der Waals surface area contributed by atoms with Crippen molar-refractivity contribution >= 4 is 11.6 Å². The lowest BCUT2D eigenvalue weighted by atomic mass is 9.72. The highest BCUT2D eigenvalue weighted by Gasteiger charge is 2.46. The number of aryl methyl sites for hydroxylation is 3. The van der Waals surface area contributed by atoms with Gasteiger partial charge in [-0.25, -0.2) is 0 Å². The molecule has 1 aliphatic rings. The van der Waals surface area contributed by atoms with Crippen LogP contribution in [0.1, 0.15) is 41.5 Å². The van der Waals surface area contributed by atoms with Crippen LogP contribution in [0.4, 0.5) is 0 Å². The number of benzene rings is 1. The Morgan fingerprint density at radius 1 is 1.00 bits per heavy atom. The second-order valence-electron chi connectivity index (χ2n) is 5.28. The van der Waals surface area contributed by atoms with Crippen LogP contribution in [0.15, 0.2) is 12.1 Å². The molecule has 96 valence electrons. The molecule has 0 amide bonds. The maximum absolute atomic E-state index is 12.2. The second-order valence-corrected chi connectivity index (χ2v) is 5.28. The molecule has 2 N–H and O–H groups in total. The summed E-state index contributed by atoms with van der Waals surface area (Å²) in [4.78, 5) is 24.3. The Kier molecular flexibility index (Phi) is 3.11. The van der Waals surface area contributed by atoms with Gasteiger partial charge in [0, 0.05) is 12.8 Å². The molecular weight excluding hydrogens is 226 g/mol. The number of carbonyl (C=O) groups is 2. The van der Waals surface area contributed by atoms with Crippen molar-refractivity contribution in [2.24, 2.45) is 5.73 Å². The summed E-state index contributed by atoms with van der Waals surface area (Å²) in [5, 5.41) is 0. The molecule has 1 aromatic rings. The average Bonchev–Trinajstić information content (AvgIpc) is 2.24. The van der Waals surface area contributed by atoms with E-state index in [1.807, 2.05) is 32.9 Å². The van der Waals surface area contributed by atoms with E-state index in [1.165, 1.54) is 0 Å². The van der Waals surface area contributed by atoms with E-state index in [4.69, 9.17) is 5.73 Å². The zero-order valence-electron chi connectivity index (χ0n) is 11.2. The van der Waals surface area contributed by atoms with E-state index in [2.05, 4.69) is 0 Å². The first-order valence-electron chi connectivity index (χ1n) is 6.31. The summed E-state index contributed by atoms with van der Waals surface area (Å²) >= 11 is 0. The predicted molar refractivity (Wildman–Crippen MR) is 70.4 cm³/mol. The molecule has 2 rings (SSSR count). The molecule has 1 saturated carbocycles. The van der Waals surface area contributed by atoms with Gasteiger partial charge < -0.3 is 5.73 Å². The van der Waals surface area contributed by atoms with Gasteiger partial charge in [-0.15, -0.1) is 0 Å². The topological polar surface area (TPSA) is 60.2 Å². The molecule has 0 radical (unpaired) electrons. The van der Waals surface area contributed by atoms with Crippen molar-refractivity contribution in [2.45, 2.75) is 45.6 Å². The molecule has 0 bridgehead atoms. The highest BCUT2D eigenvalue weighted by Crippen LogP contribution is 2.34. The van der Waals surface area contributed by atoms with Gasteiger partial charge >= 0.3 is 0 Å². The fraction of sp³-hybridized carbons (Fsp3) is 0.467. The van der Waals surface area contributed by atoms with Crippen LogP contribution in [0.2, 0.25) is 0 Å². The summed E-state index contributed by atoms with van der Waals surface area (Å²) in [7, 11) is 0. The van der Waals surface area contributed by atoms with Crippen LogP contribution >= 0.6 is 0 Å². The van der Waals surface area contributed by atoms with Crippen molar-refractivity contribution in [3.05, 3.63) is 34.4 Å². The third-order valence-electron chi connectivity index (χ3n) is 3.76. The number of carbonyl (C=O) groups excluding carboxylic acids is 2. The van der Waals surface area contributed by atoms with Crippen LogP contribution in [0.5, 0.6) is 0 Å². The Balaban J connectivity index is 2.66. The number of hydrogen-bond acceptors (Lipinski definition) is 3.